The third-order valence-corrected chi connectivity index (χ3v) is 3.51. The average Bonchev–Trinajstić information content (AvgIpc) is 2.45. The van der Waals surface area contributed by atoms with Gasteiger partial charge in [-0.15, -0.1) is 0 Å². The van der Waals surface area contributed by atoms with Gasteiger partial charge in [0.05, 0.1) is 13.5 Å². The van der Waals surface area contributed by atoms with E-state index in [2.05, 4.69) is 10.6 Å². The van der Waals surface area contributed by atoms with E-state index in [0.29, 0.717) is 13.0 Å². The van der Waals surface area contributed by atoms with Crippen molar-refractivity contribution >= 4 is 17.6 Å². The van der Waals surface area contributed by atoms with Crippen molar-refractivity contribution < 1.29 is 14.3 Å². The molecule has 1 aromatic carbocycles. The summed E-state index contributed by atoms with van der Waals surface area (Å²) in [7, 11) is 1.40. The fraction of sp³-hybridized carbons (Fsp3) is 0.500. The number of carbonyl (C=O) groups excluding carboxylic acids is 2. The van der Waals surface area contributed by atoms with Gasteiger partial charge in [0.1, 0.15) is 0 Å². The summed E-state index contributed by atoms with van der Waals surface area (Å²) in [4.78, 5) is 22.5. The number of amides is 1. The zero-order valence-corrected chi connectivity index (χ0v) is 13.2. The smallest absolute Gasteiger partial charge is 0.307 e. The Bertz CT molecular complexity index is 502. The molecule has 0 fully saturated rings. The van der Waals surface area contributed by atoms with Gasteiger partial charge in [-0.25, -0.2) is 0 Å². The molecule has 0 aliphatic carbocycles. The van der Waals surface area contributed by atoms with Crippen molar-refractivity contribution in [2.24, 2.45) is 0 Å². The number of ether oxygens (including phenoxy) is 1. The lowest BCUT2D eigenvalue weighted by atomic mass is 9.94. The Balaban J connectivity index is 2.68. The molecule has 0 radical (unpaired) electrons. The number of carbonyl (C=O) groups is 2. The minimum atomic E-state index is -0.308. The topological polar surface area (TPSA) is 67.4 Å². The number of methoxy groups -OCH3 is 1. The van der Waals surface area contributed by atoms with Crippen LogP contribution in [-0.4, -0.2) is 24.5 Å². The maximum absolute atomic E-state index is 11.5. The van der Waals surface area contributed by atoms with E-state index in [0.717, 1.165) is 17.7 Å². The quantitative estimate of drug-likeness (QED) is 0.758. The number of anilines is 1. The van der Waals surface area contributed by atoms with Crippen LogP contribution in [0.4, 0.5) is 5.69 Å². The zero-order chi connectivity index (χ0) is 15.9. The largest absolute Gasteiger partial charge is 0.469 e. The first-order valence-corrected chi connectivity index (χ1v) is 7.07. The number of benzene rings is 1. The molecule has 116 valence electrons. The molecular formula is C16H24N2O3. The zero-order valence-electron chi connectivity index (χ0n) is 13.2. The second-order valence-electron chi connectivity index (χ2n) is 5.40. The minimum Gasteiger partial charge on any atom is -0.469 e. The van der Waals surface area contributed by atoms with Crippen LogP contribution in [0.15, 0.2) is 24.3 Å². The molecular weight excluding hydrogens is 268 g/mol. The molecule has 0 heterocycles. The summed E-state index contributed by atoms with van der Waals surface area (Å²) in [6.45, 7) is 6.13. The lowest BCUT2D eigenvalue weighted by Crippen LogP contribution is -2.43. The highest BCUT2D eigenvalue weighted by Gasteiger charge is 2.25. The van der Waals surface area contributed by atoms with Crippen LogP contribution in [0.2, 0.25) is 0 Å². The Kier molecular flexibility index (Phi) is 6.37. The normalized spacial score (nSPS) is 13.3. The highest BCUT2D eigenvalue weighted by Crippen LogP contribution is 2.17. The standard InChI is InChI=1S/C16H24N2O3/c1-5-16(3,10-15(20)21-4)17-11-13-7-6-8-14(9-13)18-12(2)19/h6-9,17H,5,10-11H2,1-4H3,(H,18,19). The number of rotatable bonds is 7. The van der Waals surface area contributed by atoms with Crippen molar-refractivity contribution in [3.8, 4) is 0 Å². The SMILES string of the molecule is CCC(C)(CC(=O)OC)NCc1cccc(NC(C)=O)c1. The lowest BCUT2D eigenvalue weighted by molar-refractivity contribution is -0.142. The summed E-state index contributed by atoms with van der Waals surface area (Å²) in [5, 5.41) is 6.15. The van der Waals surface area contributed by atoms with Crippen LogP contribution >= 0.6 is 0 Å². The van der Waals surface area contributed by atoms with E-state index in [1.165, 1.54) is 14.0 Å². The molecule has 0 bridgehead atoms. The monoisotopic (exact) mass is 292 g/mol. The maximum atomic E-state index is 11.5. The van der Waals surface area contributed by atoms with Gasteiger partial charge in [-0.2, -0.15) is 0 Å². The molecule has 2 N–H and O–H groups in total. The van der Waals surface area contributed by atoms with Crippen molar-refractivity contribution in [3.05, 3.63) is 29.8 Å². The summed E-state index contributed by atoms with van der Waals surface area (Å²) in [5.41, 5.74) is 1.51. The van der Waals surface area contributed by atoms with E-state index in [9.17, 15) is 9.59 Å². The number of hydrogen-bond acceptors (Lipinski definition) is 4. The van der Waals surface area contributed by atoms with Crippen molar-refractivity contribution in [2.45, 2.75) is 45.7 Å². The number of hydrogen-bond donors (Lipinski definition) is 2. The first-order valence-electron chi connectivity index (χ1n) is 7.07. The molecule has 1 aromatic rings. The van der Waals surface area contributed by atoms with Gasteiger partial charge in [0, 0.05) is 24.7 Å². The molecule has 21 heavy (non-hydrogen) atoms. The summed E-state index contributed by atoms with van der Waals surface area (Å²) < 4.78 is 4.74. The van der Waals surface area contributed by atoms with Gasteiger partial charge in [0.2, 0.25) is 5.91 Å². The Hall–Kier alpha value is -1.88. The average molecular weight is 292 g/mol. The molecule has 1 unspecified atom stereocenters. The highest BCUT2D eigenvalue weighted by atomic mass is 16.5. The van der Waals surface area contributed by atoms with E-state index in [4.69, 9.17) is 4.74 Å². The first-order chi connectivity index (χ1) is 9.88. The van der Waals surface area contributed by atoms with Crippen LogP contribution in [-0.2, 0) is 20.9 Å². The van der Waals surface area contributed by atoms with Crippen LogP contribution in [0.3, 0.4) is 0 Å². The predicted octanol–water partition coefficient (Wildman–Crippen LogP) is 2.47. The van der Waals surface area contributed by atoms with Crippen molar-refractivity contribution in [3.63, 3.8) is 0 Å². The molecule has 0 aliphatic rings. The minimum absolute atomic E-state index is 0.0933. The molecule has 5 heteroatoms. The van der Waals surface area contributed by atoms with Crippen molar-refractivity contribution in [1.82, 2.24) is 5.32 Å². The maximum Gasteiger partial charge on any atom is 0.307 e. The summed E-state index contributed by atoms with van der Waals surface area (Å²) >= 11 is 0. The second kappa shape index (κ2) is 7.78. The van der Waals surface area contributed by atoms with Gasteiger partial charge in [0.25, 0.3) is 0 Å². The van der Waals surface area contributed by atoms with Crippen LogP contribution in [0.25, 0.3) is 0 Å². The number of nitrogens with one attached hydrogen (secondary N) is 2. The van der Waals surface area contributed by atoms with Gasteiger partial charge >= 0.3 is 5.97 Å². The molecule has 0 spiro atoms. The van der Waals surface area contributed by atoms with E-state index in [1.54, 1.807) is 0 Å². The second-order valence-corrected chi connectivity index (χ2v) is 5.40. The van der Waals surface area contributed by atoms with Gasteiger partial charge in [0.15, 0.2) is 0 Å². The Labute approximate surface area is 126 Å². The molecule has 1 atom stereocenters. The van der Waals surface area contributed by atoms with Crippen molar-refractivity contribution in [2.75, 3.05) is 12.4 Å². The van der Waals surface area contributed by atoms with E-state index < -0.39 is 0 Å². The Morgan fingerprint density at radius 2 is 2.05 bits per heavy atom. The van der Waals surface area contributed by atoms with E-state index >= 15 is 0 Å². The van der Waals surface area contributed by atoms with Gasteiger partial charge in [-0.05, 0) is 31.0 Å². The Morgan fingerprint density at radius 3 is 2.62 bits per heavy atom. The highest BCUT2D eigenvalue weighted by molar-refractivity contribution is 5.88. The van der Waals surface area contributed by atoms with Crippen LogP contribution in [0.1, 0.15) is 39.2 Å². The first kappa shape index (κ1) is 17.2. The number of esters is 1. The Morgan fingerprint density at radius 1 is 1.33 bits per heavy atom. The molecule has 0 aliphatic heterocycles. The third kappa shape index (κ3) is 5.95. The van der Waals surface area contributed by atoms with Crippen LogP contribution < -0.4 is 10.6 Å². The molecule has 5 nitrogen and oxygen atoms in total. The molecule has 1 amide bonds. The summed E-state index contributed by atoms with van der Waals surface area (Å²) in [5.74, 6) is -0.317. The van der Waals surface area contributed by atoms with Gasteiger partial charge in [-0.1, -0.05) is 19.1 Å². The lowest BCUT2D eigenvalue weighted by Gasteiger charge is -2.28. The molecule has 0 saturated carbocycles. The predicted molar refractivity (Wildman–Crippen MR) is 82.9 cm³/mol. The third-order valence-electron chi connectivity index (χ3n) is 3.51. The molecule has 0 aromatic heterocycles. The van der Waals surface area contributed by atoms with Crippen LogP contribution in [0.5, 0.6) is 0 Å². The van der Waals surface area contributed by atoms with Gasteiger partial charge < -0.3 is 15.4 Å². The fourth-order valence-corrected chi connectivity index (χ4v) is 1.98. The summed E-state index contributed by atoms with van der Waals surface area (Å²) in [6.07, 6.45) is 1.14. The van der Waals surface area contributed by atoms with E-state index in [1.807, 2.05) is 38.1 Å². The van der Waals surface area contributed by atoms with Crippen LogP contribution in [0, 0.1) is 0 Å². The van der Waals surface area contributed by atoms with Crippen molar-refractivity contribution in [1.29, 1.82) is 0 Å². The molecule has 1 rings (SSSR count). The van der Waals surface area contributed by atoms with Gasteiger partial charge in [-0.3, -0.25) is 9.59 Å². The van der Waals surface area contributed by atoms with E-state index in [-0.39, 0.29) is 17.4 Å². The molecule has 0 saturated heterocycles. The fourth-order valence-electron chi connectivity index (χ4n) is 1.98. The summed E-state index contributed by atoms with van der Waals surface area (Å²) in [6, 6.07) is 7.64.